The van der Waals surface area contributed by atoms with E-state index in [2.05, 4.69) is 13.8 Å². The van der Waals surface area contributed by atoms with Crippen molar-refractivity contribution in [2.75, 3.05) is 54.1 Å². The minimum Gasteiger partial charge on any atom is -0.756 e. The van der Waals surface area contributed by atoms with Crippen LogP contribution in [0.25, 0.3) is 0 Å². The van der Waals surface area contributed by atoms with E-state index >= 15 is 0 Å². The van der Waals surface area contributed by atoms with Crippen LogP contribution in [-0.2, 0) is 27.9 Å². The minimum atomic E-state index is -4.51. The third-order valence-electron chi connectivity index (χ3n) is 10.9. The van der Waals surface area contributed by atoms with Gasteiger partial charge in [0, 0.05) is 13.0 Å². The van der Waals surface area contributed by atoms with Crippen LogP contribution in [0.2, 0.25) is 0 Å². The van der Waals surface area contributed by atoms with Crippen molar-refractivity contribution >= 4 is 13.8 Å². The molecule has 0 aliphatic rings. The molecule has 0 N–H and O–H groups in total. The Morgan fingerprint density at radius 2 is 0.821 bits per heavy atom. The van der Waals surface area contributed by atoms with Gasteiger partial charge in [-0.3, -0.25) is 9.36 Å². The molecule has 0 aliphatic carbocycles. The maximum Gasteiger partial charge on any atom is 0.306 e. The summed E-state index contributed by atoms with van der Waals surface area (Å²) in [4.78, 5) is 25.0. The zero-order valence-electron chi connectivity index (χ0n) is 38.1. The van der Waals surface area contributed by atoms with Crippen LogP contribution in [-0.4, -0.2) is 70.7 Å². The van der Waals surface area contributed by atoms with E-state index in [0.29, 0.717) is 24.1 Å². The lowest BCUT2D eigenvalue weighted by Crippen LogP contribution is -2.37. The number of phosphoric acid groups is 1. The number of carbonyl (C=O) groups is 1. The summed E-state index contributed by atoms with van der Waals surface area (Å²) in [7, 11) is 1.37. The van der Waals surface area contributed by atoms with E-state index in [1.807, 2.05) is 21.1 Å². The minimum absolute atomic E-state index is 0.0312. The molecule has 0 saturated carbocycles. The number of nitrogens with zero attached hydrogens (tertiary/aromatic N) is 1. The third-order valence-corrected chi connectivity index (χ3v) is 11.9. The van der Waals surface area contributed by atoms with Gasteiger partial charge in [-0.15, -0.1) is 0 Å². The first kappa shape index (κ1) is 55.5. The molecule has 0 radical (unpaired) electrons. The summed E-state index contributed by atoms with van der Waals surface area (Å²) in [6, 6.07) is 0. The fourth-order valence-corrected chi connectivity index (χ4v) is 7.87. The first-order valence-electron chi connectivity index (χ1n) is 24.3. The summed E-state index contributed by atoms with van der Waals surface area (Å²) >= 11 is 0. The first-order chi connectivity index (χ1) is 27.1. The van der Waals surface area contributed by atoms with Crippen LogP contribution in [0, 0.1) is 0 Å². The fourth-order valence-electron chi connectivity index (χ4n) is 7.14. The molecule has 2 unspecified atom stereocenters. The van der Waals surface area contributed by atoms with Crippen LogP contribution in [0.3, 0.4) is 0 Å². The summed E-state index contributed by atoms with van der Waals surface area (Å²) in [6.07, 6.45) is 44.2. The maximum absolute atomic E-state index is 12.7. The molecular formula is C47H96NO7P. The van der Waals surface area contributed by atoms with Crippen molar-refractivity contribution in [1.29, 1.82) is 0 Å². The molecule has 0 heterocycles. The molecule has 0 aromatic rings. The highest BCUT2D eigenvalue weighted by Crippen LogP contribution is 2.38. The van der Waals surface area contributed by atoms with Gasteiger partial charge in [-0.25, -0.2) is 0 Å². The molecule has 56 heavy (non-hydrogen) atoms. The highest BCUT2D eigenvalue weighted by atomic mass is 31.2. The molecule has 0 amide bonds. The average molecular weight is 818 g/mol. The van der Waals surface area contributed by atoms with Gasteiger partial charge in [-0.2, -0.15) is 0 Å². The lowest BCUT2D eigenvalue weighted by atomic mass is 10.0. The highest BCUT2D eigenvalue weighted by Gasteiger charge is 2.20. The Morgan fingerprint density at radius 3 is 1.18 bits per heavy atom. The Balaban J connectivity index is 3.95. The number of carbonyl (C=O) groups excluding carboxylic acids is 1. The number of unbranched alkanes of at least 4 members (excludes halogenated alkanes) is 32. The van der Waals surface area contributed by atoms with E-state index in [0.717, 1.165) is 32.1 Å². The molecule has 0 aromatic carbocycles. The third kappa shape index (κ3) is 44.6. The van der Waals surface area contributed by atoms with Crippen molar-refractivity contribution in [2.45, 2.75) is 245 Å². The predicted molar refractivity (Wildman–Crippen MR) is 236 cm³/mol. The average Bonchev–Trinajstić information content (AvgIpc) is 3.15. The van der Waals surface area contributed by atoms with Crippen molar-refractivity contribution in [2.24, 2.45) is 0 Å². The van der Waals surface area contributed by atoms with Gasteiger partial charge in [-0.05, 0) is 12.8 Å². The normalized spacial score (nSPS) is 13.6. The number of hydrogen-bond acceptors (Lipinski definition) is 7. The largest absolute Gasteiger partial charge is 0.756 e. The topological polar surface area (TPSA) is 94.1 Å². The van der Waals surface area contributed by atoms with Crippen molar-refractivity contribution in [3.8, 4) is 0 Å². The Kier molecular flexibility index (Phi) is 40.9. The SMILES string of the molecule is CCCCCCCCCCCCCCCCCCCCCCCCCCCC(=O)OC(COCCCCCCCCCCC)COP(=O)([O-])OCC[N+](C)(C)C. The molecule has 9 heteroatoms. The fraction of sp³-hybridized carbons (Fsp3) is 0.979. The van der Waals surface area contributed by atoms with Crippen molar-refractivity contribution in [3.63, 3.8) is 0 Å². The van der Waals surface area contributed by atoms with Gasteiger partial charge in [0.2, 0.25) is 0 Å². The summed E-state index contributed by atoms with van der Waals surface area (Å²) < 4.78 is 34.6. The van der Waals surface area contributed by atoms with E-state index in [-0.39, 0.29) is 25.8 Å². The first-order valence-corrected chi connectivity index (χ1v) is 25.7. The van der Waals surface area contributed by atoms with Crippen molar-refractivity contribution in [1.82, 2.24) is 0 Å². The number of phosphoric ester groups is 1. The summed E-state index contributed by atoms with van der Waals surface area (Å²) in [5.41, 5.74) is 0. The Labute approximate surface area is 348 Å². The summed E-state index contributed by atoms with van der Waals surface area (Å²) in [5, 5.41) is 0. The quantitative estimate of drug-likeness (QED) is 0.0261. The number of hydrogen-bond donors (Lipinski definition) is 0. The molecule has 0 rings (SSSR count). The maximum atomic E-state index is 12.7. The number of esters is 1. The van der Waals surface area contributed by atoms with Crippen LogP contribution in [0.15, 0.2) is 0 Å². The zero-order chi connectivity index (χ0) is 41.3. The Morgan fingerprint density at radius 1 is 0.482 bits per heavy atom. The Bertz CT molecular complexity index is 868. The predicted octanol–water partition coefficient (Wildman–Crippen LogP) is 13.8. The summed E-state index contributed by atoms with van der Waals surface area (Å²) in [5.74, 6) is -0.328. The molecule has 0 spiro atoms. The van der Waals surface area contributed by atoms with Crippen molar-refractivity contribution in [3.05, 3.63) is 0 Å². The van der Waals surface area contributed by atoms with E-state index in [1.54, 1.807) is 0 Å². The number of ether oxygens (including phenoxy) is 2. The van der Waals surface area contributed by atoms with Crippen LogP contribution < -0.4 is 4.89 Å². The summed E-state index contributed by atoms with van der Waals surface area (Å²) in [6.45, 7) is 5.45. The van der Waals surface area contributed by atoms with Gasteiger partial charge in [0.25, 0.3) is 7.82 Å². The molecule has 336 valence electrons. The lowest BCUT2D eigenvalue weighted by molar-refractivity contribution is -0.870. The second kappa shape index (κ2) is 41.2. The van der Waals surface area contributed by atoms with Crippen LogP contribution in [0.5, 0.6) is 0 Å². The molecular weight excluding hydrogens is 721 g/mol. The van der Waals surface area contributed by atoms with E-state index < -0.39 is 13.9 Å². The van der Waals surface area contributed by atoms with E-state index in [1.165, 1.54) is 186 Å². The second-order valence-electron chi connectivity index (χ2n) is 17.8. The molecule has 8 nitrogen and oxygen atoms in total. The number of likely N-dealkylation sites (N-methyl/N-ethyl adjacent to an activating group) is 1. The van der Waals surface area contributed by atoms with Crippen LogP contribution in [0.4, 0.5) is 0 Å². The van der Waals surface area contributed by atoms with Gasteiger partial charge < -0.3 is 27.9 Å². The molecule has 0 aromatic heterocycles. The van der Waals surface area contributed by atoms with Gasteiger partial charge in [0.1, 0.15) is 19.3 Å². The van der Waals surface area contributed by atoms with Gasteiger partial charge in [0.15, 0.2) is 0 Å². The molecule has 0 fully saturated rings. The monoisotopic (exact) mass is 818 g/mol. The van der Waals surface area contributed by atoms with E-state index in [4.69, 9.17) is 18.5 Å². The van der Waals surface area contributed by atoms with Crippen molar-refractivity contribution < 1.29 is 37.3 Å². The lowest BCUT2D eigenvalue weighted by Gasteiger charge is -2.28. The smallest absolute Gasteiger partial charge is 0.306 e. The molecule has 2 atom stereocenters. The van der Waals surface area contributed by atoms with Gasteiger partial charge in [-0.1, -0.05) is 219 Å². The number of rotatable bonds is 46. The number of quaternary nitrogens is 1. The molecule has 0 aliphatic heterocycles. The van der Waals surface area contributed by atoms with Crippen LogP contribution in [0.1, 0.15) is 239 Å². The van der Waals surface area contributed by atoms with Crippen LogP contribution >= 0.6 is 7.82 Å². The molecule has 0 saturated heterocycles. The second-order valence-corrected chi connectivity index (χ2v) is 19.3. The highest BCUT2D eigenvalue weighted by molar-refractivity contribution is 7.45. The van der Waals surface area contributed by atoms with E-state index in [9.17, 15) is 14.3 Å². The zero-order valence-corrected chi connectivity index (χ0v) is 39.0. The van der Waals surface area contributed by atoms with Gasteiger partial charge in [0.05, 0.1) is 34.4 Å². The standard InChI is InChI=1S/C47H96NO7P/c1-6-8-10-12-14-16-17-18-19-20-21-22-23-24-25-26-27-28-29-30-31-32-34-36-38-40-47(49)55-46(45-54-56(50,51)53-43-41-48(3,4)5)44-52-42-39-37-35-33-15-13-11-9-7-2/h46H,6-45H2,1-5H3. The molecule has 0 bridgehead atoms. The van der Waals surface area contributed by atoms with Gasteiger partial charge >= 0.3 is 5.97 Å². The Hall–Kier alpha value is -0.500.